The SMILES string of the molecule is O=C(Nc1ccccc1)c1cccc2c1NC(c1ccc(Cl)cc1)C1CC=CC21. The van der Waals surface area contributed by atoms with E-state index in [1.807, 2.05) is 54.6 Å². The van der Waals surface area contributed by atoms with Gasteiger partial charge in [-0.15, -0.1) is 0 Å². The van der Waals surface area contributed by atoms with E-state index < -0.39 is 0 Å². The molecule has 0 bridgehead atoms. The molecule has 0 radical (unpaired) electrons. The van der Waals surface area contributed by atoms with E-state index in [2.05, 4.69) is 41.0 Å². The molecule has 144 valence electrons. The number of allylic oxidation sites excluding steroid dienone is 2. The van der Waals surface area contributed by atoms with Gasteiger partial charge in [0.2, 0.25) is 0 Å². The van der Waals surface area contributed by atoms with Crippen molar-refractivity contribution in [1.29, 1.82) is 0 Å². The third kappa shape index (κ3) is 3.32. The highest BCUT2D eigenvalue weighted by atomic mass is 35.5. The number of fused-ring (bicyclic) bond motifs is 3. The van der Waals surface area contributed by atoms with E-state index in [4.69, 9.17) is 11.6 Å². The first-order valence-electron chi connectivity index (χ1n) is 9.89. The van der Waals surface area contributed by atoms with Crippen molar-refractivity contribution in [2.45, 2.75) is 18.4 Å². The molecule has 0 saturated heterocycles. The van der Waals surface area contributed by atoms with Gasteiger partial charge >= 0.3 is 0 Å². The topological polar surface area (TPSA) is 41.1 Å². The molecule has 1 aliphatic carbocycles. The van der Waals surface area contributed by atoms with Crippen LogP contribution in [0.1, 0.15) is 39.9 Å². The molecule has 29 heavy (non-hydrogen) atoms. The van der Waals surface area contributed by atoms with Crippen molar-refractivity contribution in [3.8, 4) is 0 Å². The van der Waals surface area contributed by atoms with Crippen LogP contribution < -0.4 is 10.6 Å². The summed E-state index contributed by atoms with van der Waals surface area (Å²) in [6, 6.07) is 23.7. The molecule has 3 nitrogen and oxygen atoms in total. The van der Waals surface area contributed by atoms with E-state index in [0.29, 0.717) is 17.4 Å². The Morgan fingerprint density at radius 3 is 2.55 bits per heavy atom. The Morgan fingerprint density at radius 2 is 1.76 bits per heavy atom. The van der Waals surface area contributed by atoms with Crippen molar-refractivity contribution >= 4 is 28.9 Å². The summed E-state index contributed by atoms with van der Waals surface area (Å²) < 4.78 is 0. The summed E-state index contributed by atoms with van der Waals surface area (Å²) in [7, 11) is 0. The molecule has 0 spiro atoms. The predicted molar refractivity (Wildman–Crippen MR) is 119 cm³/mol. The Labute approximate surface area is 175 Å². The maximum atomic E-state index is 13.1. The molecule has 0 fully saturated rings. The summed E-state index contributed by atoms with van der Waals surface area (Å²) >= 11 is 6.10. The fourth-order valence-electron chi connectivity index (χ4n) is 4.53. The summed E-state index contributed by atoms with van der Waals surface area (Å²) in [5, 5.41) is 7.44. The number of carbonyl (C=O) groups excluding carboxylic acids is 1. The van der Waals surface area contributed by atoms with Crippen LogP contribution in [0.25, 0.3) is 0 Å². The van der Waals surface area contributed by atoms with Crippen LogP contribution in [0.15, 0.2) is 84.9 Å². The first-order chi connectivity index (χ1) is 14.2. The molecular formula is C25H21ClN2O. The standard InChI is InChI=1S/C25H21ClN2O/c26-17-14-12-16(13-15-17)23-20-9-4-8-19(20)21-10-5-11-22(24(21)28-23)25(29)27-18-6-2-1-3-7-18/h1-8,10-15,19-20,23,28H,9H2,(H,27,29). The van der Waals surface area contributed by atoms with Gasteiger partial charge in [0.15, 0.2) is 0 Å². The summed E-state index contributed by atoms with van der Waals surface area (Å²) in [6.45, 7) is 0. The van der Waals surface area contributed by atoms with E-state index in [-0.39, 0.29) is 11.9 Å². The molecule has 3 atom stereocenters. The average molecular weight is 401 g/mol. The number of para-hydroxylation sites is 2. The molecule has 1 aliphatic heterocycles. The molecule has 1 amide bonds. The molecule has 3 aromatic rings. The fraction of sp³-hybridized carbons (Fsp3) is 0.160. The van der Waals surface area contributed by atoms with E-state index in [9.17, 15) is 4.79 Å². The number of amides is 1. The zero-order chi connectivity index (χ0) is 19.8. The van der Waals surface area contributed by atoms with E-state index in [1.54, 1.807) is 0 Å². The summed E-state index contributed by atoms with van der Waals surface area (Å²) in [4.78, 5) is 13.1. The van der Waals surface area contributed by atoms with Gasteiger partial charge in [-0.05, 0) is 53.8 Å². The Hall–Kier alpha value is -3.04. The molecule has 1 heterocycles. The van der Waals surface area contributed by atoms with Crippen LogP contribution in [-0.2, 0) is 0 Å². The van der Waals surface area contributed by atoms with Crippen molar-refractivity contribution < 1.29 is 4.79 Å². The van der Waals surface area contributed by atoms with Gasteiger partial charge in [-0.25, -0.2) is 0 Å². The largest absolute Gasteiger partial charge is 0.377 e. The van der Waals surface area contributed by atoms with Crippen LogP contribution in [0.2, 0.25) is 5.02 Å². The molecule has 3 aromatic carbocycles. The zero-order valence-corrected chi connectivity index (χ0v) is 16.6. The van der Waals surface area contributed by atoms with Gasteiger partial charge in [-0.2, -0.15) is 0 Å². The van der Waals surface area contributed by atoms with Crippen LogP contribution in [0.4, 0.5) is 11.4 Å². The number of anilines is 2. The molecule has 5 rings (SSSR count). The Bertz CT molecular complexity index is 1080. The number of benzene rings is 3. The highest BCUT2D eigenvalue weighted by Crippen LogP contribution is 2.50. The van der Waals surface area contributed by atoms with Gasteiger partial charge in [0.1, 0.15) is 0 Å². The van der Waals surface area contributed by atoms with Gasteiger partial charge in [-0.3, -0.25) is 4.79 Å². The van der Waals surface area contributed by atoms with Crippen LogP contribution in [0, 0.1) is 5.92 Å². The minimum atomic E-state index is -0.101. The molecular weight excluding hydrogens is 380 g/mol. The van der Waals surface area contributed by atoms with Gasteiger partial charge in [0.05, 0.1) is 17.3 Å². The number of halogens is 1. The molecule has 2 N–H and O–H groups in total. The quantitative estimate of drug-likeness (QED) is 0.498. The van der Waals surface area contributed by atoms with Crippen LogP contribution in [0.5, 0.6) is 0 Å². The second-order valence-corrected chi connectivity index (χ2v) is 8.05. The van der Waals surface area contributed by atoms with Gasteiger partial charge in [-0.1, -0.05) is 66.2 Å². The Kier molecular flexibility index (Phi) is 4.61. The highest BCUT2D eigenvalue weighted by molar-refractivity contribution is 6.30. The molecule has 0 saturated carbocycles. The third-order valence-corrected chi connectivity index (χ3v) is 6.15. The number of rotatable bonds is 3. The minimum absolute atomic E-state index is 0.101. The van der Waals surface area contributed by atoms with Gasteiger partial charge < -0.3 is 10.6 Å². The lowest BCUT2D eigenvalue weighted by molar-refractivity contribution is 0.102. The van der Waals surface area contributed by atoms with Crippen LogP contribution in [-0.4, -0.2) is 5.91 Å². The number of hydrogen-bond donors (Lipinski definition) is 2. The van der Waals surface area contributed by atoms with Gasteiger partial charge in [0.25, 0.3) is 5.91 Å². The van der Waals surface area contributed by atoms with Crippen molar-refractivity contribution in [2.75, 3.05) is 10.6 Å². The number of nitrogens with one attached hydrogen (secondary N) is 2. The number of hydrogen-bond acceptors (Lipinski definition) is 2. The smallest absolute Gasteiger partial charge is 0.257 e. The van der Waals surface area contributed by atoms with Crippen molar-refractivity contribution in [2.24, 2.45) is 5.92 Å². The highest BCUT2D eigenvalue weighted by Gasteiger charge is 2.39. The van der Waals surface area contributed by atoms with Crippen molar-refractivity contribution in [1.82, 2.24) is 0 Å². The number of carbonyl (C=O) groups is 1. The average Bonchev–Trinajstić information content (AvgIpc) is 3.24. The monoisotopic (exact) mass is 400 g/mol. The molecule has 0 aromatic heterocycles. The van der Waals surface area contributed by atoms with E-state index in [1.165, 1.54) is 11.1 Å². The minimum Gasteiger partial charge on any atom is -0.377 e. The molecule has 2 aliphatic rings. The molecule has 4 heteroatoms. The van der Waals surface area contributed by atoms with E-state index >= 15 is 0 Å². The predicted octanol–water partition coefficient (Wildman–Crippen LogP) is 6.42. The lowest BCUT2D eigenvalue weighted by atomic mass is 9.76. The second kappa shape index (κ2) is 7.41. The second-order valence-electron chi connectivity index (χ2n) is 7.62. The Morgan fingerprint density at radius 1 is 0.966 bits per heavy atom. The normalized spacial score (nSPS) is 21.8. The van der Waals surface area contributed by atoms with Crippen LogP contribution >= 0.6 is 11.6 Å². The first-order valence-corrected chi connectivity index (χ1v) is 10.3. The van der Waals surface area contributed by atoms with Crippen molar-refractivity contribution in [3.05, 3.63) is 107 Å². The van der Waals surface area contributed by atoms with Gasteiger partial charge in [0, 0.05) is 16.6 Å². The Balaban J connectivity index is 1.53. The summed E-state index contributed by atoms with van der Waals surface area (Å²) in [5.74, 6) is 0.628. The lowest BCUT2D eigenvalue weighted by Gasteiger charge is -2.38. The van der Waals surface area contributed by atoms with E-state index in [0.717, 1.165) is 22.8 Å². The first kappa shape index (κ1) is 18.0. The molecule has 3 unspecified atom stereocenters. The maximum Gasteiger partial charge on any atom is 0.257 e. The zero-order valence-electron chi connectivity index (χ0n) is 15.8. The summed E-state index contributed by atoms with van der Waals surface area (Å²) in [6.07, 6.45) is 5.56. The van der Waals surface area contributed by atoms with Crippen molar-refractivity contribution in [3.63, 3.8) is 0 Å². The third-order valence-electron chi connectivity index (χ3n) is 5.90. The maximum absolute atomic E-state index is 13.1. The fourth-order valence-corrected chi connectivity index (χ4v) is 4.66. The summed E-state index contributed by atoms with van der Waals surface area (Å²) in [5.41, 5.74) is 4.77. The van der Waals surface area contributed by atoms with Crippen LogP contribution in [0.3, 0.4) is 0 Å². The lowest BCUT2D eigenvalue weighted by Crippen LogP contribution is -2.30.